The standard InChI is InChI=1S/C22H22N4O2/c23-13-17-4-8-19(9-5-17)18-6-2-16(3-7-18)12-20(14-24)22(21(25)27)15-26-10-1-11-28-22/h2-9,20,26H,1,10-12,15H2,(H2,25,27)/t20-,22?/m0/s1. The van der Waals surface area contributed by atoms with Crippen LogP contribution in [0.15, 0.2) is 48.5 Å². The number of hydrogen-bond acceptors (Lipinski definition) is 5. The Kier molecular flexibility index (Phi) is 6.06. The van der Waals surface area contributed by atoms with Crippen LogP contribution in [0.25, 0.3) is 11.1 Å². The number of nitriles is 2. The first-order chi connectivity index (χ1) is 13.6. The average Bonchev–Trinajstić information content (AvgIpc) is 3.00. The van der Waals surface area contributed by atoms with E-state index < -0.39 is 17.4 Å². The molecule has 6 heteroatoms. The summed E-state index contributed by atoms with van der Waals surface area (Å²) in [5.41, 5.74) is 7.89. The number of primary amides is 1. The van der Waals surface area contributed by atoms with Crippen LogP contribution in [0.4, 0.5) is 0 Å². The second-order valence-electron chi connectivity index (χ2n) is 6.90. The molecule has 2 aromatic carbocycles. The Hall–Kier alpha value is -3.19. The number of rotatable bonds is 5. The first-order valence-electron chi connectivity index (χ1n) is 9.23. The van der Waals surface area contributed by atoms with Gasteiger partial charge in [-0.15, -0.1) is 0 Å². The normalized spacial score (nSPS) is 20.4. The molecule has 3 rings (SSSR count). The van der Waals surface area contributed by atoms with Crippen LogP contribution < -0.4 is 11.1 Å². The highest BCUT2D eigenvalue weighted by Gasteiger charge is 2.46. The number of ether oxygens (including phenoxy) is 1. The van der Waals surface area contributed by atoms with Gasteiger partial charge in [0.1, 0.15) is 0 Å². The second kappa shape index (κ2) is 8.67. The predicted molar refractivity (Wildman–Crippen MR) is 105 cm³/mol. The summed E-state index contributed by atoms with van der Waals surface area (Å²) in [6.07, 6.45) is 1.14. The Labute approximate surface area is 164 Å². The molecular formula is C22H22N4O2. The van der Waals surface area contributed by atoms with Crippen molar-refractivity contribution in [2.24, 2.45) is 11.7 Å². The molecule has 0 aliphatic carbocycles. The van der Waals surface area contributed by atoms with Crippen molar-refractivity contribution in [3.63, 3.8) is 0 Å². The van der Waals surface area contributed by atoms with E-state index in [0.29, 0.717) is 18.6 Å². The van der Waals surface area contributed by atoms with Gasteiger partial charge in [-0.1, -0.05) is 36.4 Å². The second-order valence-corrected chi connectivity index (χ2v) is 6.90. The number of hydrogen-bond donors (Lipinski definition) is 2. The third kappa shape index (κ3) is 4.04. The minimum atomic E-state index is -1.32. The summed E-state index contributed by atoms with van der Waals surface area (Å²) in [5, 5.41) is 21.8. The minimum absolute atomic E-state index is 0.240. The summed E-state index contributed by atoms with van der Waals surface area (Å²) < 4.78 is 5.81. The van der Waals surface area contributed by atoms with Gasteiger partial charge in [-0.2, -0.15) is 10.5 Å². The van der Waals surface area contributed by atoms with Crippen LogP contribution in [0.2, 0.25) is 0 Å². The van der Waals surface area contributed by atoms with E-state index in [1.807, 2.05) is 36.4 Å². The largest absolute Gasteiger partial charge is 0.367 e. The Morgan fingerprint density at radius 3 is 2.36 bits per heavy atom. The maximum Gasteiger partial charge on any atom is 0.252 e. The average molecular weight is 374 g/mol. The SMILES string of the molecule is N#Cc1ccc(-c2ccc(C[C@@H](C#N)C3(C(N)=O)CNCCCO3)cc2)cc1. The molecule has 0 saturated carbocycles. The summed E-state index contributed by atoms with van der Waals surface area (Å²) >= 11 is 0. The van der Waals surface area contributed by atoms with E-state index in [1.54, 1.807) is 12.1 Å². The molecule has 142 valence electrons. The molecular weight excluding hydrogens is 352 g/mol. The third-order valence-electron chi connectivity index (χ3n) is 5.12. The highest BCUT2D eigenvalue weighted by Crippen LogP contribution is 2.28. The quantitative estimate of drug-likeness (QED) is 0.833. The zero-order valence-electron chi connectivity index (χ0n) is 15.5. The summed E-state index contributed by atoms with van der Waals surface area (Å²) in [5.74, 6) is -1.29. The summed E-state index contributed by atoms with van der Waals surface area (Å²) in [6, 6.07) is 19.5. The van der Waals surface area contributed by atoms with Gasteiger partial charge in [0, 0.05) is 13.2 Å². The van der Waals surface area contributed by atoms with Gasteiger partial charge in [-0.25, -0.2) is 0 Å². The van der Waals surface area contributed by atoms with E-state index in [2.05, 4.69) is 17.5 Å². The van der Waals surface area contributed by atoms with Crippen LogP contribution in [0.5, 0.6) is 0 Å². The number of nitrogens with one attached hydrogen (secondary N) is 1. The maximum atomic E-state index is 12.2. The number of carbonyl (C=O) groups is 1. The first kappa shape index (κ1) is 19.6. The molecule has 0 spiro atoms. The zero-order chi connectivity index (χ0) is 20.0. The van der Waals surface area contributed by atoms with E-state index in [4.69, 9.17) is 15.7 Å². The van der Waals surface area contributed by atoms with Crippen molar-refractivity contribution in [2.45, 2.75) is 18.4 Å². The molecule has 0 aromatic heterocycles. The Morgan fingerprint density at radius 2 is 1.79 bits per heavy atom. The predicted octanol–water partition coefficient (Wildman–Crippen LogP) is 2.14. The Bertz CT molecular complexity index is 900. The summed E-state index contributed by atoms with van der Waals surface area (Å²) in [4.78, 5) is 12.2. The van der Waals surface area contributed by atoms with Crippen LogP contribution in [-0.2, 0) is 16.0 Å². The lowest BCUT2D eigenvalue weighted by Gasteiger charge is -2.33. The van der Waals surface area contributed by atoms with E-state index in [-0.39, 0.29) is 6.54 Å². The van der Waals surface area contributed by atoms with Gasteiger partial charge in [0.05, 0.1) is 23.6 Å². The molecule has 2 atom stereocenters. The van der Waals surface area contributed by atoms with Crippen molar-refractivity contribution >= 4 is 5.91 Å². The molecule has 1 unspecified atom stereocenters. The van der Waals surface area contributed by atoms with Crippen LogP contribution in [0.1, 0.15) is 17.5 Å². The number of nitrogens with zero attached hydrogens (tertiary/aromatic N) is 2. The third-order valence-corrected chi connectivity index (χ3v) is 5.12. The lowest BCUT2D eigenvalue weighted by atomic mass is 9.82. The fourth-order valence-electron chi connectivity index (χ4n) is 3.45. The smallest absolute Gasteiger partial charge is 0.252 e. The molecule has 3 N–H and O–H groups in total. The lowest BCUT2D eigenvalue weighted by molar-refractivity contribution is -0.147. The van der Waals surface area contributed by atoms with Crippen molar-refractivity contribution in [1.29, 1.82) is 10.5 Å². The summed E-state index contributed by atoms with van der Waals surface area (Å²) in [7, 11) is 0. The molecule has 28 heavy (non-hydrogen) atoms. The fraction of sp³-hybridized carbons (Fsp3) is 0.318. The van der Waals surface area contributed by atoms with Crippen molar-refractivity contribution in [3.8, 4) is 23.3 Å². The van der Waals surface area contributed by atoms with Gasteiger partial charge in [0.15, 0.2) is 5.60 Å². The van der Waals surface area contributed by atoms with Gasteiger partial charge >= 0.3 is 0 Å². The molecule has 0 bridgehead atoms. The molecule has 1 heterocycles. The molecule has 6 nitrogen and oxygen atoms in total. The molecule has 1 saturated heterocycles. The molecule has 1 fully saturated rings. The van der Waals surface area contributed by atoms with Crippen molar-refractivity contribution in [3.05, 3.63) is 59.7 Å². The zero-order valence-corrected chi connectivity index (χ0v) is 15.5. The van der Waals surface area contributed by atoms with E-state index in [0.717, 1.165) is 29.7 Å². The van der Waals surface area contributed by atoms with Gasteiger partial charge in [0.25, 0.3) is 5.91 Å². The van der Waals surface area contributed by atoms with Gasteiger partial charge in [-0.3, -0.25) is 4.79 Å². The van der Waals surface area contributed by atoms with Gasteiger partial charge in [-0.05, 0) is 48.2 Å². The minimum Gasteiger partial charge on any atom is -0.367 e. The van der Waals surface area contributed by atoms with Crippen molar-refractivity contribution in [2.75, 3.05) is 19.7 Å². The summed E-state index contributed by atoms with van der Waals surface area (Å²) in [6.45, 7) is 1.36. The molecule has 1 amide bonds. The topological polar surface area (TPSA) is 112 Å². The lowest BCUT2D eigenvalue weighted by Crippen LogP contribution is -2.57. The highest BCUT2D eigenvalue weighted by molar-refractivity contribution is 5.85. The number of carbonyl (C=O) groups excluding carboxylic acids is 1. The number of nitrogens with two attached hydrogens (primary N) is 1. The van der Waals surface area contributed by atoms with Crippen LogP contribution in [0.3, 0.4) is 0 Å². The van der Waals surface area contributed by atoms with Crippen molar-refractivity contribution < 1.29 is 9.53 Å². The molecule has 2 aromatic rings. The molecule has 1 aliphatic heterocycles. The Morgan fingerprint density at radius 1 is 1.14 bits per heavy atom. The monoisotopic (exact) mass is 374 g/mol. The van der Waals surface area contributed by atoms with Crippen molar-refractivity contribution in [1.82, 2.24) is 5.32 Å². The van der Waals surface area contributed by atoms with Crippen LogP contribution >= 0.6 is 0 Å². The first-order valence-corrected chi connectivity index (χ1v) is 9.23. The number of amides is 1. The van der Waals surface area contributed by atoms with Gasteiger partial charge in [0.2, 0.25) is 0 Å². The molecule has 1 aliphatic rings. The van der Waals surface area contributed by atoms with E-state index in [9.17, 15) is 10.1 Å². The maximum absolute atomic E-state index is 12.2. The van der Waals surface area contributed by atoms with Crippen LogP contribution in [0, 0.1) is 28.6 Å². The fourth-order valence-corrected chi connectivity index (χ4v) is 3.45. The van der Waals surface area contributed by atoms with E-state index in [1.165, 1.54) is 0 Å². The van der Waals surface area contributed by atoms with Crippen LogP contribution in [-0.4, -0.2) is 31.2 Å². The molecule has 0 radical (unpaired) electrons. The highest BCUT2D eigenvalue weighted by atomic mass is 16.5. The van der Waals surface area contributed by atoms with E-state index >= 15 is 0 Å². The number of benzene rings is 2. The Balaban J connectivity index is 1.80. The van der Waals surface area contributed by atoms with Gasteiger partial charge < -0.3 is 15.8 Å².